The summed E-state index contributed by atoms with van der Waals surface area (Å²) in [5.41, 5.74) is 3.33. The molecule has 0 bridgehead atoms. The van der Waals surface area contributed by atoms with Gasteiger partial charge in [-0.15, -0.1) is 0 Å². The molecule has 146 valence electrons. The normalized spacial score (nSPS) is 13.8. The van der Waals surface area contributed by atoms with Crippen LogP contribution in [0.5, 0.6) is 0 Å². The van der Waals surface area contributed by atoms with E-state index in [2.05, 4.69) is 16.0 Å². The topological polar surface area (TPSA) is 108 Å². The fourth-order valence-electron chi connectivity index (χ4n) is 3.22. The fourth-order valence-corrected chi connectivity index (χ4v) is 3.22. The number of benzene rings is 2. The molecule has 2 aromatic carbocycles. The molecule has 7 heteroatoms. The third-order valence-electron chi connectivity index (χ3n) is 4.63. The second-order valence-corrected chi connectivity index (χ2v) is 6.84. The summed E-state index contributed by atoms with van der Waals surface area (Å²) in [6, 6.07) is 14.3. The standard InChI is InChI=1S/C21H23N3O4/c25-19-10-7-15-6-8-17(13-18(15)24-19)23-21(28)22-16(9-11-20(26)27)12-14-4-2-1-3-5-14/h1-6,8,13,16H,7,9-12H2,(H,24,25)(H,26,27)(H2,22,23,28). The Morgan fingerprint density at radius 2 is 1.89 bits per heavy atom. The first-order valence-electron chi connectivity index (χ1n) is 9.25. The quantitative estimate of drug-likeness (QED) is 0.591. The minimum atomic E-state index is -0.898. The minimum absolute atomic E-state index is 0.0251. The number of carboxylic acids is 1. The van der Waals surface area contributed by atoms with Gasteiger partial charge in [0.1, 0.15) is 0 Å². The lowest BCUT2D eigenvalue weighted by Gasteiger charge is -2.20. The van der Waals surface area contributed by atoms with E-state index in [1.165, 1.54) is 0 Å². The molecule has 1 aliphatic rings. The molecule has 2 aromatic rings. The van der Waals surface area contributed by atoms with Crippen molar-refractivity contribution in [2.75, 3.05) is 10.6 Å². The molecule has 1 heterocycles. The van der Waals surface area contributed by atoms with Crippen molar-refractivity contribution in [1.29, 1.82) is 0 Å². The number of aryl methyl sites for hydroxylation is 1. The van der Waals surface area contributed by atoms with Crippen molar-refractivity contribution in [2.24, 2.45) is 0 Å². The first kappa shape index (κ1) is 19.4. The molecule has 3 amide bonds. The summed E-state index contributed by atoms with van der Waals surface area (Å²) < 4.78 is 0. The van der Waals surface area contributed by atoms with Crippen molar-refractivity contribution >= 4 is 29.3 Å². The average Bonchev–Trinajstić information content (AvgIpc) is 2.66. The van der Waals surface area contributed by atoms with Gasteiger partial charge in [-0.05, 0) is 42.5 Å². The SMILES string of the molecule is O=C(O)CCC(Cc1ccccc1)NC(=O)Nc1ccc2c(c1)NC(=O)CC2. The van der Waals surface area contributed by atoms with Gasteiger partial charge in [0.15, 0.2) is 0 Å². The molecule has 28 heavy (non-hydrogen) atoms. The van der Waals surface area contributed by atoms with Crippen molar-refractivity contribution in [3.8, 4) is 0 Å². The largest absolute Gasteiger partial charge is 0.481 e. The molecule has 0 aromatic heterocycles. The van der Waals surface area contributed by atoms with E-state index in [1.54, 1.807) is 12.1 Å². The number of nitrogens with one attached hydrogen (secondary N) is 3. The van der Waals surface area contributed by atoms with E-state index in [4.69, 9.17) is 5.11 Å². The van der Waals surface area contributed by atoms with Crippen molar-refractivity contribution in [3.63, 3.8) is 0 Å². The lowest BCUT2D eigenvalue weighted by molar-refractivity contribution is -0.137. The van der Waals surface area contributed by atoms with Crippen molar-refractivity contribution in [1.82, 2.24) is 5.32 Å². The van der Waals surface area contributed by atoms with Gasteiger partial charge in [-0.3, -0.25) is 9.59 Å². The Morgan fingerprint density at radius 3 is 2.64 bits per heavy atom. The number of fused-ring (bicyclic) bond motifs is 1. The number of hydrogen-bond acceptors (Lipinski definition) is 3. The van der Waals surface area contributed by atoms with E-state index in [0.717, 1.165) is 11.1 Å². The summed E-state index contributed by atoms with van der Waals surface area (Å²) in [6.07, 6.45) is 2.00. The van der Waals surface area contributed by atoms with Gasteiger partial charge >= 0.3 is 12.0 Å². The summed E-state index contributed by atoms with van der Waals surface area (Å²) in [5, 5.41) is 17.4. The minimum Gasteiger partial charge on any atom is -0.481 e. The zero-order valence-electron chi connectivity index (χ0n) is 15.4. The second-order valence-electron chi connectivity index (χ2n) is 6.84. The van der Waals surface area contributed by atoms with E-state index in [1.807, 2.05) is 36.4 Å². The van der Waals surface area contributed by atoms with E-state index in [9.17, 15) is 14.4 Å². The molecule has 0 saturated heterocycles. The third-order valence-corrected chi connectivity index (χ3v) is 4.63. The zero-order chi connectivity index (χ0) is 19.9. The number of anilines is 2. The molecule has 3 rings (SSSR count). The molecular formula is C21H23N3O4. The van der Waals surface area contributed by atoms with Crippen molar-refractivity contribution in [2.45, 2.75) is 38.1 Å². The lowest BCUT2D eigenvalue weighted by atomic mass is 10.0. The summed E-state index contributed by atoms with van der Waals surface area (Å²) in [4.78, 5) is 34.9. The summed E-state index contributed by atoms with van der Waals surface area (Å²) in [7, 11) is 0. The molecule has 0 spiro atoms. The van der Waals surface area contributed by atoms with Gasteiger partial charge in [0.05, 0.1) is 0 Å². The Kier molecular flexibility index (Phi) is 6.26. The number of rotatable bonds is 7. The maximum atomic E-state index is 12.4. The number of aliphatic carboxylic acids is 1. The van der Waals surface area contributed by atoms with Crippen LogP contribution in [0.4, 0.5) is 16.2 Å². The summed E-state index contributed by atoms with van der Waals surface area (Å²) in [5.74, 6) is -0.934. The van der Waals surface area contributed by atoms with Gasteiger partial charge in [0.25, 0.3) is 0 Å². The van der Waals surface area contributed by atoms with Crippen LogP contribution in [0.15, 0.2) is 48.5 Å². The molecule has 4 N–H and O–H groups in total. The third kappa shape index (κ3) is 5.57. The number of carbonyl (C=O) groups is 3. The van der Waals surface area contributed by atoms with Crippen LogP contribution in [-0.4, -0.2) is 29.1 Å². The maximum absolute atomic E-state index is 12.4. The van der Waals surface area contributed by atoms with E-state index in [0.29, 0.717) is 37.1 Å². The van der Waals surface area contributed by atoms with E-state index >= 15 is 0 Å². The molecule has 1 atom stereocenters. The molecule has 0 radical (unpaired) electrons. The molecule has 0 saturated carbocycles. The Hall–Kier alpha value is -3.35. The van der Waals surface area contributed by atoms with Crippen molar-refractivity contribution in [3.05, 3.63) is 59.7 Å². The van der Waals surface area contributed by atoms with Gasteiger partial charge in [-0.25, -0.2) is 4.79 Å². The van der Waals surface area contributed by atoms with Gasteiger partial charge < -0.3 is 21.1 Å². The van der Waals surface area contributed by atoms with Crippen LogP contribution in [-0.2, 0) is 22.4 Å². The predicted molar refractivity (Wildman–Crippen MR) is 106 cm³/mol. The van der Waals surface area contributed by atoms with Crippen LogP contribution in [0.25, 0.3) is 0 Å². The maximum Gasteiger partial charge on any atom is 0.319 e. The lowest BCUT2D eigenvalue weighted by Crippen LogP contribution is -2.39. The summed E-state index contributed by atoms with van der Waals surface area (Å²) >= 11 is 0. The van der Waals surface area contributed by atoms with Crippen LogP contribution >= 0.6 is 0 Å². The highest BCUT2D eigenvalue weighted by atomic mass is 16.4. The second kappa shape index (κ2) is 9.03. The number of carboxylic acid groups (broad SMARTS) is 1. The Bertz CT molecular complexity index is 867. The van der Waals surface area contributed by atoms with Crippen LogP contribution in [0.1, 0.15) is 30.4 Å². The van der Waals surface area contributed by atoms with Gasteiger partial charge in [0, 0.05) is 30.3 Å². The average molecular weight is 381 g/mol. The highest BCUT2D eigenvalue weighted by Gasteiger charge is 2.17. The number of hydrogen-bond donors (Lipinski definition) is 4. The number of amides is 3. The Balaban J connectivity index is 1.63. The predicted octanol–water partition coefficient (Wildman–Crippen LogP) is 3.17. The molecule has 0 fully saturated rings. The van der Waals surface area contributed by atoms with Crippen LogP contribution < -0.4 is 16.0 Å². The fraction of sp³-hybridized carbons (Fsp3) is 0.286. The Labute approximate surface area is 163 Å². The molecule has 1 aliphatic heterocycles. The van der Waals surface area contributed by atoms with E-state index < -0.39 is 12.0 Å². The van der Waals surface area contributed by atoms with Crippen LogP contribution in [0.2, 0.25) is 0 Å². The number of carbonyl (C=O) groups excluding carboxylic acids is 2. The Morgan fingerprint density at radius 1 is 1.11 bits per heavy atom. The van der Waals surface area contributed by atoms with Crippen molar-refractivity contribution < 1.29 is 19.5 Å². The molecule has 1 unspecified atom stereocenters. The molecule has 7 nitrogen and oxygen atoms in total. The highest BCUT2D eigenvalue weighted by Crippen LogP contribution is 2.25. The smallest absolute Gasteiger partial charge is 0.319 e. The summed E-state index contributed by atoms with van der Waals surface area (Å²) in [6.45, 7) is 0. The molecule has 0 aliphatic carbocycles. The van der Waals surface area contributed by atoms with Gasteiger partial charge in [-0.2, -0.15) is 0 Å². The highest BCUT2D eigenvalue weighted by molar-refractivity contribution is 5.96. The first-order chi connectivity index (χ1) is 13.5. The number of urea groups is 1. The first-order valence-corrected chi connectivity index (χ1v) is 9.25. The van der Waals surface area contributed by atoms with Crippen LogP contribution in [0.3, 0.4) is 0 Å². The van der Waals surface area contributed by atoms with Gasteiger partial charge in [-0.1, -0.05) is 36.4 Å². The monoisotopic (exact) mass is 381 g/mol. The zero-order valence-corrected chi connectivity index (χ0v) is 15.4. The van der Waals surface area contributed by atoms with Crippen LogP contribution in [0, 0.1) is 0 Å². The molecular weight excluding hydrogens is 358 g/mol. The van der Waals surface area contributed by atoms with E-state index in [-0.39, 0.29) is 18.4 Å². The van der Waals surface area contributed by atoms with Gasteiger partial charge in [0.2, 0.25) is 5.91 Å².